The van der Waals surface area contributed by atoms with Crippen LogP contribution in [0.15, 0.2) is 12.7 Å². The minimum Gasteiger partial charge on any atom is -0.444 e. The van der Waals surface area contributed by atoms with Crippen LogP contribution < -0.4 is 0 Å². The molecule has 2 atom stereocenters. The molecule has 4 nitrogen and oxygen atoms in total. The van der Waals surface area contributed by atoms with Crippen molar-refractivity contribution < 1.29 is 14.6 Å². The van der Waals surface area contributed by atoms with Gasteiger partial charge < -0.3 is 14.7 Å². The molecule has 1 saturated heterocycles. The lowest BCUT2D eigenvalue weighted by Crippen LogP contribution is -2.47. The summed E-state index contributed by atoms with van der Waals surface area (Å²) in [5.41, 5.74) is -0.475. The third-order valence-electron chi connectivity index (χ3n) is 2.57. The van der Waals surface area contributed by atoms with Crippen molar-refractivity contribution in [3.05, 3.63) is 12.7 Å². The third-order valence-corrected chi connectivity index (χ3v) is 2.57. The quantitative estimate of drug-likeness (QED) is 0.695. The number of carbonyl (C=O) groups is 1. The van der Waals surface area contributed by atoms with Crippen molar-refractivity contribution in [2.45, 2.75) is 38.9 Å². The molecule has 0 aromatic carbocycles. The summed E-state index contributed by atoms with van der Waals surface area (Å²) in [6.07, 6.45) is 1.57. The molecule has 4 heteroatoms. The van der Waals surface area contributed by atoms with Gasteiger partial charge in [-0.1, -0.05) is 6.08 Å². The first kappa shape index (κ1) is 13.0. The van der Waals surface area contributed by atoms with Crippen LogP contribution in [0.4, 0.5) is 4.79 Å². The third kappa shape index (κ3) is 3.52. The molecule has 16 heavy (non-hydrogen) atoms. The molecule has 0 radical (unpaired) electrons. The van der Waals surface area contributed by atoms with E-state index in [1.54, 1.807) is 11.0 Å². The molecule has 0 aromatic rings. The molecule has 1 aliphatic heterocycles. The van der Waals surface area contributed by atoms with Gasteiger partial charge in [-0.2, -0.15) is 0 Å². The first-order valence-electron chi connectivity index (χ1n) is 5.62. The number of piperidine rings is 1. The first-order chi connectivity index (χ1) is 7.33. The predicted molar refractivity (Wildman–Crippen MR) is 62.1 cm³/mol. The molecule has 1 fully saturated rings. The van der Waals surface area contributed by atoms with E-state index < -0.39 is 11.7 Å². The first-order valence-corrected chi connectivity index (χ1v) is 5.62. The Labute approximate surface area is 96.9 Å². The molecule has 0 unspecified atom stereocenters. The van der Waals surface area contributed by atoms with E-state index in [4.69, 9.17) is 4.74 Å². The summed E-state index contributed by atoms with van der Waals surface area (Å²) in [5, 5.41) is 9.65. The molecule has 0 aromatic heterocycles. The zero-order valence-electron chi connectivity index (χ0n) is 10.3. The number of ether oxygens (including phenoxy) is 1. The van der Waals surface area contributed by atoms with Crippen LogP contribution in [0.2, 0.25) is 0 Å². The van der Waals surface area contributed by atoms with Gasteiger partial charge in [0.1, 0.15) is 5.60 Å². The second-order valence-electron chi connectivity index (χ2n) is 5.18. The number of aliphatic hydroxyl groups excluding tert-OH is 1. The number of carbonyl (C=O) groups excluding carboxylic acids is 1. The van der Waals surface area contributed by atoms with Crippen LogP contribution in [0.5, 0.6) is 0 Å². The normalized spacial score (nSPS) is 26.4. The van der Waals surface area contributed by atoms with Gasteiger partial charge >= 0.3 is 6.09 Å². The monoisotopic (exact) mass is 227 g/mol. The van der Waals surface area contributed by atoms with Crippen molar-refractivity contribution in [3.8, 4) is 0 Å². The van der Waals surface area contributed by atoms with Gasteiger partial charge in [-0.3, -0.25) is 0 Å². The van der Waals surface area contributed by atoms with Gasteiger partial charge in [0.15, 0.2) is 0 Å². The SMILES string of the molecule is C=C[C@H]1CN(C(=O)OC(C)(C)C)CC[C@@H]1O. The fourth-order valence-electron chi connectivity index (χ4n) is 1.69. The van der Waals surface area contributed by atoms with Gasteiger partial charge in [0.05, 0.1) is 6.10 Å². The zero-order chi connectivity index (χ0) is 12.3. The average molecular weight is 227 g/mol. The van der Waals surface area contributed by atoms with E-state index >= 15 is 0 Å². The van der Waals surface area contributed by atoms with Crippen molar-refractivity contribution >= 4 is 6.09 Å². The van der Waals surface area contributed by atoms with E-state index in [-0.39, 0.29) is 12.0 Å². The van der Waals surface area contributed by atoms with Crippen molar-refractivity contribution in [2.75, 3.05) is 13.1 Å². The lowest BCUT2D eigenvalue weighted by molar-refractivity contribution is -0.000191. The van der Waals surface area contributed by atoms with Crippen molar-refractivity contribution in [1.82, 2.24) is 4.90 Å². The van der Waals surface area contributed by atoms with Gasteiger partial charge in [-0.25, -0.2) is 4.79 Å². The maximum absolute atomic E-state index is 11.8. The molecule has 0 bridgehead atoms. The summed E-state index contributed by atoms with van der Waals surface area (Å²) in [7, 11) is 0. The minimum atomic E-state index is -0.475. The second-order valence-corrected chi connectivity index (χ2v) is 5.18. The Morgan fingerprint density at radius 3 is 2.69 bits per heavy atom. The Kier molecular flexibility index (Phi) is 3.97. The van der Waals surface area contributed by atoms with Gasteiger partial charge in [0.2, 0.25) is 0 Å². The standard InChI is InChI=1S/C12H21NO3/c1-5-9-8-13(7-6-10(9)14)11(15)16-12(2,3)4/h5,9-10,14H,1,6-8H2,2-4H3/t9-,10-/m0/s1. The summed E-state index contributed by atoms with van der Waals surface area (Å²) in [5.74, 6) is -0.0544. The summed E-state index contributed by atoms with van der Waals surface area (Å²) in [6.45, 7) is 10.2. The fourth-order valence-corrected chi connectivity index (χ4v) is 1.69. The van der Waals surface area contributed by atoms with Crippen LogP contribution in [0.3, 0.4) is 0 Å². The number of aliphatic hydroxyl groups is 1. The van der Waals surface area contributed by atoms with Crippen LogP contribution >= 0.6 is 0 Å². The lowest BCUT2D eigenvalue weighted by Gasteiger charge is -2.35. The molecule has 0 aliphatic carbocycles. The van der Waals surface area contributed by atoms with Crippen molar-refractivity contribution in [1.29, 1.82) is 0 Å². The topological polar surface area (TPSA) is 49.8 Å². The zero-order valence-corrected chi connectivity index (χ0v) is 10.3. The second kappa shape index (κ2) is 4.87. The largest absolute Gasteiger partial charge is 0.444 e. The summed E-state index contributed by atoms with van der Waals surface area (Å²) in [6, 6.07) is 0. The number of hydrogen-bond acceptors (Lipinski definition) is 3. The van der Waals surface area contributed by atoms with Gasteiger partial charge in [0.25, 0.3) is 0 Å². The number of rotatable bonds is 1. The number of nitrogens with zero attached hydrogens (tertiary/aromatic N) is 1. The lowest BCUT2D eigenvalue weighted by atomic mass is 9.95. The Bertz CT molecular complexity index is 270. The van der Waals surface area contributed by atoms with Crippen LogP contribution in [0, 0.1) is 5.92 Å². The number of likely N-dealkylation sites (tertiary alicyclic amines) is 1. The van der Waals surface area contributed by atoms with Crippen molar-refractivity contribution in [3.63, 3.8) is 0 Å². The molecule has 1 N–H and O–H groups in total. The molecule has 1 heterocycles. The maximum Gasteiger partial charge on any atom is 0.410 e. The molecule has 1 rings (SSSR count). The highest BCUT2D eigenvalue weighted by atomic mass is 16.6. The van der Waals surface area contributed by atoms with Gasteiger partial charge in [-0.05, 0) is 27.2 Å². The van der Waals surface area contributed by atoms with Crippen LogP contribution in [0.25, 0.3) is 0 Å². The summed E-state index contributed by atoms with van der Waals surface area (Å²) < 4.78 is 5.28. The van der Waals surface area contributed by atoms with E-state index in [1.807, 2.05) is 20.8 Å². The number of amides is 1. The van der Waals surface area contributed by atoms with E-state index in [1.165, 1.54) is 0 Å². The summed E-state index contributed by atoms with van der Waals surface area (Å²) in [4.78, 5) is 13.4. The maximum atomic E-state index is 11.8. The molecule has 1 aliphatic rings. The Hall–Kier alpha value is -1.03. The van der Waals surface area contributed by atoms with E-state index in [2.05, 4.69) is 6.58 Å². The van der Waals surface area contributed by atoms with Crippen LogP contribution in [-0.4, -0.2) is 40.9 Å². The average Bonchev–Trinajstić information content (AvgIpc) is 2.15. The fraction of sp³-hybridized carbons (Fsp3) is 0.750. The van der Waals surface area contributed by atoms with Crippen LogP contribution in [-0.2, 0) is 4.74 Å². The van der Waals surface area contributed by atoms with E-state index in [0.29, 0.717) is 19.5 Å². The minimum absolute atomic E-state index is 0.0544. The highest BCUT2D eigenvalue weighted by Crippen LogP contribution is 2.20. The molecule has 92 valence electrons. The summed E-state index contributed by atoms with van der Waals surface area (Å²) >= 11 is 0. The van der Waals surface area contributed by atoms with Crippen molar-refractivity contribution in [2.24, 2.45) is 5.92 Å². The molecule has 0 spiro atoms. The molecular weight excluding hydrogens is 206 g/mol. The van der Waals surface area contributed by atoms with E-state index in [0.717, 1.165) is 0 Å². The number of hydrogen-bond donors (Lipinski definition) is 1. The molecular formula is C12H21NO3. The Balaban J connectivity index is 2.55. The molecule has 0 saturated carbocycles. The predicted octanol–water partition coefficient (Wildman–Crippen LogP) is 1.79. The highest BCUT2D eigenvalue weighted by Gasteiger charge is 2.30. The van der Waals surface area contributed by atoms with Crippen LogP contribution in [0.1, 0.15) is 27.2 Å². The highest BCUT2D eigenvalue weighted by molar-refractivity contribution is 5.68. The van der Waals surface area contributed by atoms with Gasteiger partial charge in [-0.15, -0.1) is 6.58 Å². The van der Waals surface area contributed by atoms with Gasteiger partial charge in [0, 0.05) is 19.0 Å². The smallest absolute Gasteiger partial charge is 0.410 e. The molecule has 1 amide bonds. The Morgan fingerprint density at radius 1 is 1.56 bits per heavy atom. The Morgan fingerprint density at radius 2 is 2.19 bits per heavy atom. The van der Waals surface area contributed by atoms with E-state index in [9.17, 15) is 9.90 Å².